The highest BCUT2D eigenvalue weighted by molar-refractivity contribution is 7.17. The molecule has 0 amide bonds. The van der Waals surface area contributed by atoms with Crippen molar-refractivity contribution in [2.45, 2.75) is 13.0 Å². The van der Waals surface area contributed by atoms with Gasteiger partial charge in [-0.3, -0.25) is 0 Å². The van der Waals surface area contributed by atoms with Gasteiger partial charge in [0.05, 0.1) is 4.88 Å². The van der Waals surface area contributed by atoms with E-state index in [0.29, 0.717) is 9.62 Å². The summed E-state index contributed by atoms with van der Waals surface area (Å²) in [4.78, 5) is 4.69. The summed E-state index contributed by atoms with van der Waals surface area (Å²) in [5.41, 5.74) is 5.52. The fourth-order valence-electron chi connectivity index (χ4n) is 0.630. The Bertz CT molecular complexity index is 294. The standard InChI is InChI=1S/C7H8Cl2N2S/c1-4(10)2-3-5-6(8)11-7(9)12-5/h2-4H,10H2,1H3/b3-2+. The molecule has 0 spiro atoms. The van der Waals surface area contributed by atoms with Crippen LogP contribution in [-0.2, 0) is 0 Å². The lowest BCUT2D eigenvalue weighted by atomic mass is 10.3. The molecule has 1 heterocycles. The summed E-state index contributed by atoms with van der Waals surface area (Å²) in [5.74, 6) is 0. The van der Waals surface area contributed by atoms with Crippen molar-refractivity contribution >= 4 is 40.6 Å². The molecule has 12 heavy (non-hydrogen) atoms. The average molecular weight is 223 g/mol. The fraction of sp³-hybridized carbons (Fsp3) is 0.286. The third-order valence-corrected chi connectivity index (χ3v) is 2.66. The van der Waals surface area contributed by atoms with E-state index in [4.69, 9.17) is 28.9 Å². The number of hydrogen-bond acceptors (Lipinski definition) is 3. The third kappa shape index (κ3) is 2.75. The molecule has 0 aliphatic carbocycles. The fourth-order valence-corrected chi connectivity index (χ4v) is 1.92. The maximum atomic E-state index is 5.75. The van der Waals surface area contributed by atoms with Gasteiger partial charge in [0.25, 0.3) is 0 Å². The first-order valence-electron chi connectivity index (χ1n) is 3.35. The van der Waals surface area contributed by atoms with Crippen LogP contribution in [-0.4, -0.2) is 11.0 Å². The molecule has 0 aliphatic rings. The summed E-state index contributed by atoms with van der Waals surface area (Å²) in [6.45, 7) is 1.88. The second-order valence-corrected chi connectivity index (χ2v) is 4.31. The first-order valence-corrected chi connectivity index (χ1v) is 4.92. The minimum Gasteiger partial charge on any atom is -0.325 e. The summed E-state index contributed by atoms with van der Waals surface area (Å²) in [5, 5.41) is 0.432. The molecule has 1 atom stereocenters. The van der Waals surface area contributed by atoms with E-state index in [1.54, 1.807) is 0 Å². The predicted octanol–water partition coefficient (Wildman–Crippen LogP) is 2.81. The van der Waals surface area contributed by atoms with Gasteiger partial charge in [0.15, 0.2) is 4.47 Å². The van der Waals surface area contributed by atoms with E-state index in [1.165, 1.54) is 11.3 Å². The van der Waals surface area contributed by atoms with Crippen LogP contribution in [0.3, 0.4) is 0 Å². The van der Waals surface area contributed by atoms with Crippen LogP contribution >= 0.6 is 34.5 Å². The SMILES string of the molecule is CC(N)/C=C/c1sc(Cl)nc1Cl. The van der Waals surface area contributed by atoms with Crippen molar-refractivity contribution in [1.29, 1.82) is 0 Å². The van der Waals surface area contributed by atoms with E-state index >= 15 is 0 Å². The van der Waals surface area contributed by atoms with E-state index in [9.17, 15) is 0 Å². The summed E-state index contributed by atoms with van der Waals surface area (Å²) >= 11 is 12.7. The summed E-state index contributed by atoms with van der Waals surface area (Å²) in [7, 11) is 0. The Labute approximate surface area is 85.0 Å². The predicted molar refractivity (Wildman–Crippen MR) is 54.8 cm³/mol. The van der Waals surface area contributed by atoms with Crippen LogP contribution in [0.15, 0.2) is 6.08 Å². The van der Waals surface area contributed by atoms with Crippen LogP contribution < -0.4 is 5.73 Å². The molecule has 1 aromatic heterocycles. The normalized spacial score (nSPS) is 14.0. The molecule has 0 aromatic carbocycles. The Morgan fingerprint density at radius 1 is 1.58 bits per heavy atom. The largest absolute Gasteiger partial charge is 0.325 e. The molecule has 0 aliphatic heterocycles. The van der Waals surface area contributed by atoms with Crippen molar-refractivity contribution in [1.82, 2.24) is 4.98 Å². The number of nitrogens with two attached hydrogens (primary N) is 1. The Balaban J connectivity index is 2.81. The van der Waals surface area contributed by atoms with Gasteiger partial charge in [0.1, 0.15) is 5.15 Å². The van der Waals surface area contributed by atoms with Crippen molar-refractivity contribution in [3.05, 3.63) is 20.6 Å². The van der Waals surface area contributed by atoms with Gasteiger partial charge in [0.2, 0.25) is 0 Å². The molecule has 66 valence electrons. The number of nitrogens with zero attached hydrogens (tertiary/aromatic N) is 1. The van der Waals surface area contributed by atoms with E-state index in [2.05, 4.69) is 4.98 Å². The Morgan fingerprint density at radius 2 is 2.25 bits per heavy atom. The second kappa shape index (κ2) is 4.23. The molecule has 2 N–H and O–H groups in total. The van der Waals surface area contributed by atoms with Crippen molar-refractivity contribution in [2.75, 3.05) is 0 Å². The third-order valence-electron chi connectivity index (χ3n) is 1.13. The molecule has 0 saturated carbocycles. The van der Waals surface area contributed by atoms with Gasteiger partial charge >= 0.3 is 0 Å². The van der Waals surface area contributed by atoms with E-state index in [-0.39, 0.29) is 6.04 Å². The van der Waals surface area contributed by atoms with Crippen molar-refractivity contribution in [3.63, 3.8) is 0 Å². The Kier molecular flexibility index (Phi) is 3.53. The highest BCUT2D eigenvalue weighted by atomic mass is 35.5. The smallest absolute Gasteiger partial charge is 0.185 e. The molecule has 0 saturated heterocycles. The number of thiazole rings is 1. The van der Waals surface area contributed by atoms with Gasteiger partial charge in [-0.05, 0) is 13.0 Å². The minimum atomic E-state index is 0.0157. The highest BCUT2D eigenvalue weighted by Gasteiger charge is 2.03. The Morgan fingerprint density at radius 3 is 2.67 bits per heavy atom. The molecule has 5 heteroatoms. The lowest BCUT2D eigenvalue weighted by molar-refractivity contribution is 0.931. The van der Waals surface area contributed by atoms with Gasteiger partial charge in [-0.1, -0.05) is 29.3 Å². The highest BCUT2D eigenvalue weighted by Crippen LogP contribution is 2.27. The first-order chi connectivity index (χ1) is 5.59. The topological polar surface area (TPSA) is 38.9 Å². The quantitative estimate of drug-likeness (QED) is 0.837. The van der Waals surface area contributed by atoms with E-state index < -0.39 is 0 Å². The molecule has 1 unspecified atom stereocenters. The lowest BCUT2D eigenvalue weighted by Gasteiger charge is -1.92. The lowest BCUT2D eigenvalue weighted by Crippen LogP contribution is -2.09. The van der Waals surface area contributed by atoms with Gasteiger partial charge in [-0.15, -0.1) is 11.3 Å². The summed E-state index contributed by atoms with van der Waals surface area (Å²) in [6, 6.07) is 0.0157. The van der Waals surface area contributed by atoms with Crippen LogP contribution in [0.1, 0.15) is 11.8 Å². The average Bonchev–Trinajstić information content (AvgIpc) is 2.26. The monoisotopic (exact) mass is 222 g/mol. The van der Waals surface area contributed by atoms with Crippen LogP contribution in [0.5, 0.6) is 0 Å². The van der Waals surface area contributed by atoms with Gasteiger partial charge < -0.3 is 5.73 Å². The second-order valence-electron chi connectivity index (χ2n) is 2.34. The van der Waals surface area contributed by atoms with Crippen LogP contribution in [0, 0.1) is 0 Å². The molecule has 1 aromatic rings. The van der Waals surface area contributed by atoms with E-state index in [0.717, 1.165) is 4.88 Å². The van der Waals surface area contributed by atoms with Crippen molar-refractivity contribution in [2.24, 2.45) is 5.73 Å². The number of aromatic nitrogens is 1. The molecule has 0 fully saturated rings. The van der Waals surface area contributed by atoms with Gasteiger partial charge in [-0.2, -0.15) is 0 Å². The Hall–Kier alpha value is -0.0900. The maximum absolute atomic E-state index is 5.75. The van der Waals surface area contributed by atoms with Crippen LogP contribution in [0.4, 0.5) is 0 Å². The first kappa shape index (κ1) is 9.99. The van der Waals surface area contributed by atoms with Crippen molar-refractivity contribution in [3.8, 4) is 0 Å². The molecular weight excluding hydrogens is 215 g/mol. The van der Waals surface area contributed by atoms with Crippen LogP contribution in [0.2, 0.25) is 9.62 Å². The zero-order chi connectivity index (χ0) is 9.14. The van der Waals surface area contributed by atoms with Gasteiger partial charge in [0, 0.05) is 6.04 Å². The van der Waals surface area contributed by atoms with Crippen molar-refractivity contribution < 1.29 is 0 Å². The number of hydrogen-bond donors (Lipinski definition) is 1. The molecule has 0 bridgehead atoms. The minimum absolute atomic E-state index is 0.0157. The number of rotatable bonds is 2. The summed E-state index contributed by atoms with van der Waals surface area (Å²) in [6.07, 6.45) is 3.67. The zero-order valence-corrected chi connectivity index (χ0v) is 8.75. The molecule has 0 radical (unpaired) electrons. The van der Waals surface area contributed by atoms with Crippen LogP contribution in [0.25, 0.3) is 6.08 Å². The maximum Gasteiger partial charge on any atom is 0.185 e. The zero-order valence-electron chi connectivity index (χ0n) is 6.42. The van der Waals surface area contributed by atoms with Gasteiger partial charge in [-0.25, -0.2) is 4.98 Å². The number of halogens is 2. The molecule has 1 rings (SSSR count). The van der Waals surface area contributed by atoms with E-state index in [1.807, 2.05) is 19.1 Å². The molecular formula is C7H8Cl2N2S. The molecule has 2 nitrogen and oxygen atoms in total. The summed E-state index contributed by atoms with van der Waals surface area (Å²) < 4.78 is 0.448.